The summed E-state index contributed by atoms with van der Waals surface area (Å²) < 4.78 is 7.85. The second-order valence-corrected chi connectivity index (χ2v) is 7.12. The van der Waals surface area contributed by atoms with Crippen molar-refractivity contribution in [3.05, 3.63) is 41.2 Å². The molecule has 2 aromatic heterocycles. The predicted octanol–water partition coefficient (Wildman–Crippen LogP) is 5.32. The van der Waals surface area contributed by atoms with Gasteiger partial charge in [-0.05, 0) is 43.0 Å². The maximum Gasteiger partial charge on any atom is 0.237 e. The van der Waals surface area contributed by atoms with Crippen molar-refractivity contribution >= 4 is 34.7 Å². The Morgan fingerprint density at radius 3 is 2.57 bits per heavy atom. The summed E-state index contributed by atoms with van der Waals surface area (Å²) in [6.45, 7) is 8.34. The fourth-order valence-electron chi connectivity index (χ4n) is 3.45. The molecule has 0 saturated carbocycles. The van der Waals surface area contributed by atoms with Gasteiger partial charge in [-0.25, -0.2) is 4.98 Å². The van der Waals surface area contributed by atoms with E-state index in [2.05, 4.69) is 36.0 Å². The third kappa shape index (κ3) is 4.02. The van der Waals surface area contributed by atoms with Crippen molar-refractivity contribution in [1.29, 1.82) is 0 Å². The fourth-order valence-corrected chi connectivity index (χ4v) is 3.64. The molecular weight excluding hydrogens is 374 g/mol. The molecule has 28 heavy (non-hydrogen) atoms. The Labute approximate surface area is 171 Å². The number of hydrogen-bond donors (Lipinski definition) is 1. The second kappa shape index (κ2) is 9.15. The summed E-state index contributed by atoms with van der Waals surface area (Å²) in [7, 11) is 1.69. The van der Waals surface area contributed by atoms with Crippen molar-refractivity contribution in [2.75, 3.05) is 30.4 Å². The number of imidazole rings is 1. The van der Waals surface area contributed by atoms with E-state index < -0.39 is 0 Å². The van der Waals surface area contributed by atoms with E-state index in [1.54, 1.807) is 13.3 Å². The molecule has 0 unspecified atom stereocenters. The summed E-state index contributed by atoms with van der Waals surface area (Å²) in [5.41, 5.74) is 2.09. The van der Waals surface area contributed by atoms with Crippen LogP contribution in [0.25, 0.3) is 5.78 Å². The molecule has 0 amide bonds. The molecule has 1 N–H and O–H groups in total. The number of nitrogens with zero attached hydrogens (tertiary/aromatic N) is 4. The molecule has 0 aliphatic rings. The van der Waals surface area contributed by atoms with Crippen LogP contribution >= 0.6 is 11.6 Å². The summed E-state index contributed by atoms with van der Waals surface area (Å²) in [5, 5.41) is 4.18. The average Bonchev–Trinajstić information content (AvgIpc) is 3.16. The van der Waals surface area contributed by atoms with Gasteiger partial charge in [-0.3, -0.25) is 4.40 Å². The standard InChI is InChI=1S/C21H28ClN5O/c1-5-11-26(12-6-2)20-18(28-4)19(25-21-23-10-13-27(20)21)24-17-9-8-16(22)14-15(17)7-3/h8-10,13-14H,5-7,11-12H2,1-4H3,(H,23,24,25). The van der Waals surface area contributed by atoms with Gasteiger partial charge < -0.3 is 15.0 Å². The maximum absolute atomic E-state index is 6.17. The molecule has 0 spiro atoms. The van der Waals surface area contributed by atoms with Gasteiger partial charge in [0.15, 0.2) is 11.6 Å². The van der Waals surface area contributed by atoms with E-state index in [0.717, 1.165) is 54.4 Å². The highest BCUT2D eigenvalue weighted by Crippen LogP contribution is 2.37. The van der Waals surface area contributed by atoms with Gasteiger partial charge in [-0.15, -0.1) is 0 Å². The van der Waals surface area contributed by atoms with Crippen LogP contribution < -0.4 is 15.0 Å². The first-order chi connectivity index (χ1) is 13.6. The lowest BCUT2D eigenvalue weighted by molar-refractivity contribution is 0.412. The Hall–Kier alpha value is -2.47. The number of benzene rings is 1. The Kier molecular flexibility index (Phi) is 6.62. The van der Waals surface area contributed by atoms with Gasteiger partial charge in [-0.2, -0.15) is 4.98 Å². The minimum absolute atomic E-state index is 0.641. The van der Waals surface area contributed by atoms with Crippen molar-refractivity contribution in [2.24, 2.45) is 0 Å². The van der Waals surface area contributed by atoms with Crippen LogP contribution in [0, 0.1) is 0 Å². The summed E-state index contributed by atoms with van der Waals surface area (Å²) >= 11 is 6.17. The van der Waals surface area contributed by atoms with Gasteiger partial charge in [-0.1, -0.05) is 32.4 Å². The van der Waals surface area contributed by atoms with E-state index in [1.165, 1.54) is 0 Å². The van der Waals surface area contributed by atoms with E-state index >= 15 is 0 Å². The summed E-state index contributed by atoms with van der Waals surface area (Å²) in [6.07, 6.45) is 6.65. The lowest BCUT2D eigenvalue weighted by Crippen LogP contribution is -2.28. The minimum Gasteiger partial charge on any atom is -0.490 e. The molecule has 150 valence electrons. The summed E-state index contributed by atoms with van der Waals surface area (Å²) in [4.78, 5) is 11.5. The van der Waals surface area contributed by atoms with E-state index in [0.29, 0.717) is 17.3 Å². The van der Waals surface area contributed by atoms with Crippen LogP contribution in [0.2, 0.25) is 5.02 Å². The molecule has 7 heteroatoms. The fraction of sp³-hybridized carbons (Fsp3) is 0.429. The highest BCUT2D eigenvalue weighted by atomic mass is 35.5. The molecule has 3 rings (SSSR count). The van der Waals surface area contributed by atoms with E-state index in [9.17, 15) is 0 Å². The van der Waals surface area contributed by atoms with E-state index in [1.807, 2.05) is 28.8 Å². The van der Waals surface area contributed by atoms with Gasteiger partial charge in [0.05, 0.1) is 7.11 Å². The monoisotopic (exact) mass is 401 g/mol. The van der Waals surface area contributed by atoms with Crippen molar-refractivity contribution < 1.29 is 4.74 Å². The first-order valence-electron chi connectivity index (χ1n) is 9.84. The van der Waals surface area contributed by atoms with E-state index in [-0.39, 0.29) is 0 Å². The maximum atomic E-state index is 6.17. The Morgan fingerprint density at radius 2 is 1.93 bits per heavy atom. The molecule has 0 bridgehead atoms. The average molecular weight is 402 g/mol. The number of hydrogen-bond acceptors (Lipinski definition) is 5. The molecule has 1 aromatic carbocycles. The number of anilines is 3. The molecular formula is C21H28ClN5O. The van der Waals surface area contributed by atoms with Gasteiger partial charge in [0, 0.05) is 36.2 Å². The minimum atomic E-state index is 0.641. The van der Waals surface area contributed by atoms with Gasteiger partial charge in [0.25, 0.3) is 0 Å². The number of fused-ring (bicyclic) bond motifs is 1. The Morgan fingerprint density at radius 1 is 1.18 bits per heavy atom. The van der Waals surface area contributed by atoms with Crippen molar-refractivity contribution in [2.45, 2.75) is 40.0 Å². The van der Waals surface area contributed by atoms with Crippen LogP contribution in [0.3, 0.4) is 0 Å². The largest absolute Gasteiger partial charge is 0.490 e. The zero-order valence-electron chi connectivity index (χ0n) is 17.0. The van der Waals surface area contributed by atoms with Crippen LogP contribution in [-0.4, -0.2) is 34.6 Å². The molecule has 0 saturated heterocycles. The molecule has 0 atom stereocenters. The third-order valence-electron chi connectivity index (χ3n) is 4.67. The number of halogens is 1. The van der Waals surface area contributed by atoms with Gasteiger partial charge >= 0.3 is 0 Å². The molecule has 0 aliphatic heterocycles. The zero-order chi connectivity index (χ0) is 20.1. The van der Waals surface area contributed by atoms with Crippen LogP contribution in [0.1, 0.15) is 39.2 Å². The lowest BCUT2D eigenvalue weighted by atomic mass is 10.1. The molecule has 3 aromatic rings. The number of methoxy groups -OCH3 is 1. The quantitative estimate of drug-likeness (QED) is 0.525. The Balaban J connectivity index is 2.15. The number of aryl methyl sites for hydroxylation is 1. The number of ether oxygens (including phenoxy) is 1. The first kappa shape index (κ1) is 20.3. The van der Waals surface area contributed by atoms with Crippen molar-refractivity contribution in [1.82, 2.24) is 14.4 Å². The van der Waals surface area contributed by atoms with Crippen LogP contribution in [0.4, 0.5) is 17.3 Å². The SMILES string of the molecule is CCCN(CCC)c1c(OC)c(Nc2ccc(Cl)cc2CC)nc2nccn12. The molecule has 0 aliphatic carbocycles. The first-order valence-corrected chi connectivity index (χ1v) is 10.2. The third-order valence-corrected chi connectivity index (χ3v) is 4.91. The predicted molar refractivity (Wildman–Crippen MR) is 116 cm³/mol. The van der Waals surface area contributed by atoms with Crippen LogP contribution in [0.15, 0.2) is 30.6 Å². The topological polar surface area (TPSA) is 54.7 Å². The van der Waals surface area contributed by atoms with Crippen molar-refractivity contribution in [3.63, 3.8) is 0 Å². The lowest BCUT2D eigenvalue weighted by Gasteiger charge is -2.27. The molecule has 2 heterocycles. The molecule has 0 radical (unpaired) electrons. The molecule has 6 nitrogen and oxygen atoms in total. The van der Waals surface area contributed by atoms with Crippen molar-refractivity contribution in [3.8, 4) is 5.75 Å². The summed E-state index contributed by atoms with van der Waals surface area (Å²) in [5.74, 6) is 2.99. The normalized spacial score (nSPS) is 11.0. The smallest absolute Gasteiger partial charge is 0.237 e. The van der Waals surface area contributed by atoms with E-state index in [4.69, 9.17) is 21.3 Å². The summed E-state index contributed by atoms with van der Waals surface area (Å²) in [6, 6.07) is 5.84. The molecule has 0 fully saturated rings. The number of aromatic nitrogens is 3. The highest BCUT2D eigenvalue weighted by molar-refractivity contribution is 6.30. The number of nitrogens with one attached hydrogen (secondary N) is 1. The van der Waals surface area contributed by atoms with Crippen LogP contribution in [-0.2, 0) is 6.42 Å². The second-order valence-electron chi connectivity index (χ2n) is 6.68. The van der Waals surface area contributed by atoms with Crippen LogP contribution in [0.5, 0.6) is 5.75 Å². The number of rotatable bonds is 9. The highest BCUT2D eigenvalue weighted by Gasteiger charge is 2.22. The van der Waals surface area contributed by atoms with Gasteiger partial charge in [0.2, 0.25) is 11.5 Å². The zero-order valence-corrected chi connectivity index (χ0v) is 17.8. The van der Waals surface area contributed by atoms with Gasteiger partial charge in [0.1, 0.15) is 0 Å². The Bertz CT molecular complexity index is 934.